The van der Waals surface area contributed by atoms with E-state index < -0.39 is 36.6 Å². The number of nitro groups is 1. The third-order valence-corrected chi connectivity index (χ3v) is 11.6. The molecule has 0 spiro atoms. The first-order chi connectivity index (χ1) is 16.1. The molecule has 4 rings (SSSR count). The number of hydrogen-bond donors (Lipinski definition) is 1. The molecule has 0 radical (unpaired) electrons. The number of piperidine rings is 1. The van der Waals surface area contributed by atoms with Gasteiger partial charge in [-0.1, -0.05) is 17.4 Å². The topological polar surface area (TPSA) is 157 Å². The number of nitrogens with one attached hydrogen (secondary N) is 1. The smallest absolute Gasteiger partial charge is 0.269 e. The molecule has 3 aromatic rings. The summed E-state index contributed by atoms with van der Waals surface area (Å²) in [7, 11) is -7.65. The Hall–Kier alpha value is -2.72. The molecular formula is C19H18N4O7S4. The third kappa shape index (κ3) is 4.88. The van der Waals surface area contributed by atoms with Crippen molar-refractivity contribution in [3.05, 3.63) is 58.1 Å². The number of non-ortho nitro benzene ring substituents is 1. The van der Waals surface area contributed by atoms with Crippen LogP contribution < -0.4 is 5.32 Å². The normalized spacial score (nSPS) is 17.4. The quantitative estimate of drug-likeness (QED) is 0.353. The zero-order valence-electron chi connectivity index (χ0n) is 17.4. The van der Waals surface area contributed by atoms with Crippen LogP contribution in [-0.2, 0) is 24.7 Å². The highest BCUT2D eigenvalue weighted by Gasteiger charge is 2.34. The van der Waals surface area contributed by atoms with Crippen LogP contribution in [-0.4, -0.2) is 50.0 Å². The minimum absolute atomic E-state index is 0.0192. The largest absolute Gasteiger partial charge is 0.302 e. The van der Waals surface area contributed by atoms with Gasteiger partial charge < -0.3 is 5.32 Å². The van der Waals surface area contributed by atoms with E-state index in [-0.39, 0.29) is 30.7 Å². The average Bonchev–Trinajstić information content (AvgIpc) is 3.52. The summed E-state index contributed by atoms with van der Waals surface area (Å²) in [6, 6.07) is 7.63. The first-order valence-corrected chi connectivity index (χ1v) is 14.5. The Labute approximate surface area is 203 Å². The molecule has 180 valence electrons. The van der Waals surface area contributed by atoms with E-state index in [4.69, 9.17) is 0 Å². The van der Waals surface area contributed by atoms with E-state index in [2.05, 4.69) is 10.3 Å². The zero-order chi connectivity index (χ0) is 24.5. The van der Waals surface area contributed by atoms with Crippen LogP contribution in [0.2, 0.25) is 0 Å². The Morgan fingerprint density at radius 2 is 1.88 bits per heavy atom. The second-order valence-electron chi connectivity index (χ2n) is 7.36. The van der Waals surface area contributed by atoms with Crippen molar-refractivity contribution in [3.63, 3.8) is 0 Å². The number of anilines is 1. The average molecular weight is 543 g/mol. The van der Waals surface area contributed by atoms with Crippen LogP contribution in [0, 0.1) is 16.0 Å². The lowest BCUT2D eigenvalue weighted by atomic mass is 9.99. The maximum Gasteiger partial charge on any atom is 0.269 e. The van der Waals surface area contributed by atoms with Crippen molar-refractivity contribution >= 4 is 59.3 Å². The molecule has 15 heteroatoms. The summed E-state index contributed by atoms with van der Waals surface area (Å²) in [6.45, 7) is 0.338. The number of amides is 1. The number of hydrogen-bond acceptors (Lipinski definition) is 10. The maximum absolute atomic E-state index is 12.8. The molecule has 1 saturated heterocycles. The van der Waals surface area contributed by atoms with Crippen molar-refractivity contribution in [2.75, 3.05) is 18.4 Å². The Bertz CT molecular complexity index is 1420. The first-order valence-electron chi connectivity index (χ1n) is 9.89. The number of thiophene rings is 1. The van der Waals surface area contributed by atoms with Gasteiger partial charge in [0, 0.05) is 25.2 Å². The molecule has 11 nitrogen and oxygen atoms in total. The highest BCUT2D eigenvalue weighted by atomic mass is 32.2. The molecule has 34 heavy (non-hydrogen) atoms. The Morgan fingerprint density at radius 3 is 2.53 bits per heavy atom. The van der Waals surface area contributed by atoms with Crippen LogP contribution in [0.1, 0.15) is 12.8 Å². The monoisotopic (exact) mass is 542 g/mol. The number of benzene rings is 1. The van der Waals surface area contributed by atoms with E-state index in [1.54, 1.807) is 11.4 Å². The second kappa shape index (κ2) is 9.50. The fourth-order valence-corrected chi connectivity index (χ4v) is 8.53. The molecule has 1 amide bonds. The van der Waals surface area contributed by atoms with E-state index in [9.17, 15) is 31.7 Å². The van der Waals surface area contributed by atoms with Gasteiger partial charge in [-0.15, -0.1) is 11.3 Å². The third-order valence-electron chi connectivity index (χ3n) is 5.18. The van der Waals surface area contributed by atoms with Gasteiger partial charge in [0.1, 0.15) is 8.42 Å². The SMILES string of the molecule is O=C(Nc1ncc(S(=O)(=O)c2ccc([N+](=O)[O-])cc2)s1)C1CCCN(S(=O)(=O)c2cccs2)C1. The van der Waals surface area contributed by atoms with E-state index in [1.807, 2.05) is 0 Å². The van der Waals surface area contributed by atoms with Crippen LogP contribution in [0.4, 0.5) is 10.8 Å². The summed E-state index contributed by atoms with van der Waals surface area (Å²) >= 11 is 1.86. The minimum Gasteiger partial charge on any atom is -0.302 e. The van der Waals surface area contributed by atoms with Crippen LogP contribution in [0.5, 0.6) is 0 Å². The Balaban J connectivity index is 1.45. The second-order valence-corrected chi connectivity index (χ2v) is 13.7. The van der Waals surface area contributed by atoms with Crippen LogP contribution in [0.25, 0.3) is 0 Å². The number of carbonyl (C=O) groups is 1. The molecule has 0 aliphatic carbocycles. The molecule has 1 unspecified atom stereocenters. The summed E-state index contributed by atoms with van der Waals surface area (Å²) in [4.78, 5) is 26.8. The lowest BCUT2D eigenvalue weighted by Gasteiger charge is -2.30. The molecule has 1 aromatic carbocycles. The summed E-state index contributed by atoms with van der Waals surface area (Å²) in [5.41, 5.74) is -0.237. The molecule has 1 fully saturated rings. The first kappa shape index (κ1) is 24.4. The van der Waals surface area contributed by atoms with E-state index >= 15 is 0 Å². The van der Waals surface area contributed by atoms with Gasteiger partial charge in [0.25, 0.3) is 15.7 Å². The predicted molar refractivity (Wildman–Crippen MR) is 125 cm³/mol. The number of thiazole rings is 1. The van der Waals surface area contributed by atoms with Gasteiger partial charge in [0.05, 0.1) is 21.9 Å². The van der Waals surface area contributed by atoms with Gasteiger partial charge in [-0.3, -0.25) is 14.9 Å². The van der Waals surface area contributed by atoms with Crippen molar-refractivity contribution in [1.29, 1.82) is 0 Å². The van der Waals surface area contributed by atoms with Crippen molar-refractivity contribution in [2.45, 2.75) is 26.2 Å². The Morgan fingerprint density at radius 1 is 1.15 bits per heavy atom. The highest BCUT2D eigenvalue weighted by Crippen LogP contribution is 2.31. The fraction of sp³-hybridized carbons (Fsp3) is 0.263. The zero-order valence-corrected chi connectivity index (χ0v) is 20.6. The summed E-state index contributed by atoms with van der Waals surface area (Å²) in [5.74, 6) is -1.05. The standard InChI is InChI=1S/C19H18N4O7S4/c24-18(13-3-1-9-22(12-13)34(29,30)16-4-2-10-31-16)21-19-20-11-17(32-19)33(27,28)15-7-5-14(6-8-15)23(25)26/h2,4-8,10-11,13H,1,3,9,12H2,(H,20,21,24). The summed E-state index contributed by atoms with van der Waals surface area (Å²) < 4.78 is 52.5. The van der Waals surface area contributed by atoms with Crippen molar-refractivity contribution in [2.24, 2.45) is 5.92 Å². The van der Waals surface area contributed by atoms with E-state index in [0.29, 0.717) is 19.4 Å². The number of nitrogens with zero attached hydrogens (tertiary/aromatic N) is 3. The van der Waals surface area contributed by atoms with Gasteiger partial charge in [0.15, 0.2) is 5.13 Å². The fourth-order valence-electron chi connectivity index (χ4n) is 3.42. The summed E-state index contributed by atoms with van der Waals surface area (Å²) in [6.07, 6.45) is 2.10. The Kier molecular flexibility index (Phi) is 6.82. The molecule has 1 aliphatic heterocycles. The highest BCUT2D eigenvalue weighted by molar-refractivity contribution is 7.93. The maximum atomic E-state index is 12.8. The van der Waals surface area contributed by atoms with Crippen LogP contribution in [0.3, 0.4) is 0 Å². The number of carbonyl (C=O) groups excluding carboxylic acids is 1. The number of sulfonamides is 1. The number of nitro benzene ring substituents is 1. The molecule has 1 aliphatic rings. The molecule has 0 saturated carbocycles. The molecule has 1 atom stereocenters. The number of aromatic nitrogens is 1. The number of sulfone groups is 1. The lowest BCUT2D eigenvalue weighted by molar-refractivity contribution is -0.384. The minimum atomic E-state index is -3.98. The van der Waals surface area contributed by atoms with Crippen LogP contribution >= 0.6 is 22.7 Å². The molecule has 3 heterocycles. The number of rotatable bonds is 7. The molecule has 0 bridgehead atoms. The van der Waals surface area contributed by atoms with Crippen molar-refractivity contribution < 1.29 is 26.6 Å². The van der Waals surface area contributed by atoms with Crippen molar-refractivity contribution in [1.82, 2.24) is 9.29 Å². The predicted octanol–water partition coefficient (Wildman–Crippen LogP) is 2.99. The van der Waals surface area contributed by atoms with Gasteiger partial charge in [-0.2, -0.15) is 4.31 Å². The molecule has 2 aromatic heterocycles. The van der Waals surface area contributed by atoms with Gasteiger partial charge in [0.2, 0.25) is 15.7 Å². The van der Waals surface area contributed by atoms with E-state index in [0.717, 1.165) is 53.1 Å². The van der Waals surface area contributed by atoms with Gasteiger partial charge >= 0.3 is 0 Å². The van der Waals surface area contributed by atoms with Crippen molar-refractivity contribution in [3.8, 4) is 0 Å². The van der Waals surface area contributed by atoms with Gasteiger partial charge in [-0.25, -0.2) is 21.8 Å². The molecule has 1 N–H and O–H groups in total. The summed E-state index contributed by atoms with van der Waals surface area (Å²) in [5, 5.41) is 15.1. The lowest BCUT2D eigenvalue weighted by Crippen LogP contribution is -2.43. The van der Waals surface area contributed by atoms with Crippen LogP contribution in [0.15, 0.2) is 61.3 Å². The molecular weight excluding hydrogens is 524 g/mol. The van der Waals surface area contributed by atoms with E-state index in [1.165, 1.54) is 10.4 Å². The van der Waals surface area contributed by atoms with Gasteiger partial charge in [-0.05, 0) is 36.4 Å².